The fraction of sp³-hybridized carbons (Fsp3) is 0.286. The number of aliphatic carboxylic acids is 1. The highest BCUT2D eigenvalue weighted by atomic mass is 19.1. The van der Waals surface area contributed by atoms with Gasteiger partial charge in [-0.2, -0.15) is 0 Å². The Morgan fingerprint density at radius 1 is 1.37 bits per heavy atom. The van der Waals surface area contributed by atoms with E-state index in [1.165, 1.54) is 16.7 Å². The molecule has 0 saturated heterocycles. The van der Waals surface area contributed by atoms with E-state index < -0.39 is 11.4 Å². The molecule has 2 aliphatic rings. The Morgan fingerprint density at radius 3 is 2.78 bits per heavy atom. The lowest BCUT2D eigenvalue weighted by Gasteiger charge is -2.19. The lowest BCUT2D eigenvalue weighted by atomic mass is 10.0. The van der Waals surface area contributed by atoms with E-state index in [-0.39, 0.29) is 17.4 Å². The highest BCUT2D eigenvalue weighted by molar-refractivity contribution is 5.84. The van der Waals surface area contributed by atoms with Crippen LogP contribution in [0, 0.1) is 11.2 Å². The van der Waals surface area contributed by atoms with Crippen LogP contribution < -0.4 is 5.56 Å². The number of halogens is 1. The zero-order chi connectivity index (χ0) is 19.2. The first-order valence-electron chi connectivity index (χ1n) is 8.98. The van der Waals surface area contributed by atoms with Gasteiger partial charge in [0.2, 0.25) is 0 Å². The van der Waals surface area contributed by atoms with Gasteiger partial charge < -0.3 is 5.11 Å². The number of hydrogen-bond donors (Lipinski definition) is 1. The summed E-state index contributed by atoms with van der Waals surface area (Å²) in [6.07, 6.45) is 8.59. The molecule has 1 saturated carbocycles. The van der Waals surface area contributed by atoms with Crippen molar-refractivity contribution in [3.05, 3.63) is 69.2 Å². The SMILES string of the molecule is CCCc1c(/C=C/c2ccc(F)cc2)nc2n(c1=O)C1CC1(C(=O)O)C=C2. The number of fused-ring (bicyclic) bond motifs is 3. The van der Waals surface area contributed by atoms with Gasteiger partial charge in [0.05, 0.1) is 11.7 Å². The van der Waals surface area contributed by atoms with E-state index in [0.717, 1.165) is 12.0 Å². The Bertz CT molecular complexity index is 1040. The van der Waals surface area contributed by atoms with Crippen LogP contribution in [0.25, 0.3) is 18.2 Å². The predicted molar refractivity (Wildman–Crippen MR) is 101 cm³/mol. The molecule has 27 heavy (non-hydrogen) atoms. The molecule has 2 heterocycles. The van der Waals surface area contributed by atoms with E-state index in [2.05, 4.69) is 4.98 Å². The molecule has 0 spiro atoms. The van der Waals surface area contributed by atoms with Gasteiger partial charge in [-0.1, -0.05) is 37.6 Å². The maximum atomic E-state index is 13.1. The van der Waals surface area contributed by atoms with Gasteiger partial charge in [0, 0.05) is 5.56 Å². The number of carboxylic acid groups (broad SMARTS) is 1. The van der Waals surface area contributed by atoms with E-state index >= 15 is 0 Å². The van der Waals surface area contributed by atoms with Crippen LogP contribution in [0.4, 0.5) is 4.39 Å². The number of nitrogens with zero attached hydrogens (tertiary/aromatic N) is 2. The molecule has 5 nitrogen and oxygen atoms in total. The molecule has 2 aromatic rings. The second-order valence-corrected chi connectivity index (χ2v) is 7.04. The summed E-state index contributed by atoms with van der Waals surface area (Å²) in [4.78, 5) is 29.3. The highest BCUT2D eigenvalue weighted by Crippen LogP contribution is 2.59. The summed E-state index contributed by atoms with van der Waals surface area (Å²) < 4.78 is 14.6. The minimum Gasteiger partial charge on any atom is -0.481 e. The molecule has 2 unspecified atom stereocenters. The van der Waals surface area contributed by atoms with Crippen LogP contribution in [-0.2, 0) is 11.2 Å². The van der Waals surface area contributed by atoms with Gasteiger partial charge in [-0.15, -0.1) is 0 Å². The molecule has 0 amide bonds. The quantitative estimate of drug-likeness (QED) is 0.878. The van der Waals surface area contributed by atoms with Crippen LogP contribution in [0.2, 0.25) is 0 Å². The molecule has 1 aromatic heterocycles. The summed E-state index contributed by atoms with van der Waals surface area (Å²) in [7, 11) is 0. The van der Waals surface area contributed by atoms with Crippen molar-refractivity contribution in [2.45, 2.75) is 32.2 Å². The maximum Gasteiger partial charge on any atom is 0.315 e. The van der Waals surface area contributed by atoms with Crippen molar-refractivity contribution in [3.63, 3.8) is 0 Å². The Labute approximate surface area is 155 Å². The third kappa shape index (κ3) is 2.81. The summed E-state index contributed by atoms with van der Waals surface area (Å²) in [5, 5.41) is 9.49. The number of aromatic nitrogens is 2. The number of benzene rings is 1. The third-order valence-corrected chi connectivity index (χ3v) is 5.28. The molecule has 6 heteroatoms. The van der Waals surface area contributed by atoms with Crippen molar-refractivity contribution in [2.24, 2.45) is 5.41 Å². The van der Waals surface area contributed by atoms with E-state index in [1.807, 2.05) is 6.92 Å². The normalized spacial score (nSPS) is 22.5. The van der Waals surface area contributed by atoms with Crippen LogP contribution in [0.5, 0.6) is 0 Å². The Balaban J connectivity index is 1.78. The Hall–Kier alpha value is -3.02. The summed E-state index contributed by atoms with van der Waals surface area (Å²) in [6, 6.07) is 5.71. The molecule has 2 atom stereocenters. The second kappa shape index (κ2) is 6.30. The zero-order valence-corrected chi connectivity index (χ0v) is 14.9. The molecular formula is C21H19FN2O3. The standard InChI is InChI=1S/C21H19FN2O3/c1-2-3-15-16(9-6-13-4-7-14(22)8-5-13)23-18-10-11-21(20(26)27)12-17(21)24(18)19(15)25/h4-11,17H,2-3,12H2,1H3,(H,26,27)/b9-6+. The molecule has 1 aliphatic carbocycles. The molecule has 0 bridgehead atoms. The third-order valence-electron chi connectivity index (χ3n) is 5.28. The van der Waals surface area contributed by atoms with Gasteiger partial charge in [-0.3, -0.25) is 14.2 Å². The van der Waals surface area contributed by atoms with Crippen LogP contribution in [0.3, 0.4) is 0 Å². The lowest BCUT2D eigenvalue weighted by molar-refractivity contribution is -0.141. The number of carbonyl (C=O) groups is 1. The number of rotatable bonds is 5. The topological polar surface area (TPSA) is 72.2 Å². The average molecular weight is 366 g/mol. The molecule has 0 radical (unpaired) electrons. The van der Waals surface area contributed by atoms with E-state index in [1.54, 1.807) is 36.4 Å². The monoisotopic (exact) mass is 366 g/mol. The van der Waals surface area contributed by atoms with Crippen LogP contribution in [0.15, 0.2) is 35.1 Å². The fourth-order valence-corrected chi connectivity index (χ4v) is 3.68. The average Bonchev–Trinajstić information content (AvgIpc) is 3.40. The first kappa shape index (κ1) is 17.4. The molecular weight excluding hydrogens is 347 g/mol. The van der Waals surface area contributed by atoms with Crippen molar-refractivity contribution in [1.29, 1.82) is 0 Å². The van der Waals surface area contributed by atoms with Gasteiger partial charge in [0.15, 0.2) is 0 Å². The van der Waals surface area contributed by atoms with E-state index in [0.29, 0.717) is 29.9 Å². The lowest BCUT2D eigenvalue weighted by Crippen LogP contribution is -2.32. The fourth-order valence-electron chi connectivity index (χ4n) is 3.68. The van der Waals surface area contributed by atoms with Crippen LogP contribution in [-0.4, -0.2) is 20.6 Å². The zero-order valence-electron chi connectivity index (χ0n) is 14.9. The van der Waals surface area contributed by atoms with E-state index in [9.17, 15) is 19.1 Å². The first-order valence-corrected chi connectivity index (χ1v) is 8.98. The molecule has 4 rings (SSSR count). The number of carboxylic acids is 1. The predicted octanol–water partition coefficient (Wildman–Crippen LogP) is 3.55. The Morgan fingerprint density at radius 2 is 2.11 bits per heavy atom. The Kier molecular flexibility index (Phi) is 4.06. The molecule has 1 aromatic carbocycles. The molecule has 1 N–H and O–H groups in total. The number of hydrogen-bond acceptors (Lipinski definition) is 3. The van der Waals surface area contributed by atoms with Crippen molar-refractivity contribution in [1.82, 2.24) is 9.55 Å². The summed E-state index contributed by atoms with van der Waals surface area (Å²) in [6.45, 7) is 1.98. The smallest absolute Gasteiger partial charge is 0.315 e. The second-order valence-electron chi connectivity index (χ2n) is 7.04. The highest BCUT2D eigenvalue weighted by Gasteiger charge is 2.62. The molecule has 1 fully saturated rings. The summed E-state index contributed by atoms with van der Waals surface area (Å²) >= 11 is 0. The van der Waals surface area contributed by atoms with Gasteiger partial charge in [0.25, 0.3) is 5.56 Å². The van der Waals surface area contributed by atoms with Crippen molar-refractivity contribution < 1.29 is 14.3 Å². The first-order chi connectivity index (χ1) is 13.0. The molecule has 1 aliphatic heterocycles. The van der Waals surface area contributed by atoms with Crippen molar-refractivity contribution in [2.75, 3.05) is 0 Å². The van der Waals surface area contributed by atoms with Gasteiger partial charge >= 0.3 is 5.97 Å². The minimum absolute atomic E-state index is 0.168. The summed E-state index contributed by atoms with van der Waals surface area (Å²) in [5.74, 6) is -0.725. The van der Waals surface area contributed by atoms with Gasteiger partial charge in [-0.05, 0) is 42.7 Å². The maximum absolute atomic E-state index is 13.1. The van der Waals surface area contributed by atoms with Gasteiger partial charge in [-0.25, -0.2) is 9.37 Å². The van der Waals surface area contributed by atoms with E-state index in [4.69, 9.17) is 0 Å². The van der Waals surface area contributed by atoms with Crippen LogP contribution in [0.1, 0.15) is 48.5 Å². The van der Waals surface area contributed by atoms with Gasteiger partial charge in [0.1, 0.15) is 17.1 Å². The van der Waals surface area contributed by atoms with Crippen molar-refractivity contribution >= 4 is 24.2 Å². The minimum atomic E-state index is -0.965. The van der Waals surface area contributed by atoms with Crippen LogP contribution >= 0.6 is 0 Å². The van der Waals surface area contributed by atoms with Crippen molar-refractivity contribution in [3.8, 4) is 0 Å². The summed E-state index contributed by atoms with van der Waals surface area (Å²) in [5.41, 5.74) is 0.832. The largest absolute Gasteiger partial charge is 0.481 e. The molecule has 138 valence electrons.